The Labute approximate surface area is 189 Å². The van der Waals surface area contributed by atoms with Crippen molar-refractivity contribution < 1.29 is 19.1 Å². The summed E-state index contributed by atoms with van der Waals surface area (Å²) in [5, 5.41) is 13.3. The molecule has 2 aromatic carbocycles. The number of rotatable bonds is 10. The Morgan fingerprint density at radius 1 is 1.03 bits per heavy atom. The lowest BCUT2D eigenvalue weighted by Crippen LogP contribution is -2.68. The molecule has 0 fully saturated rings. The van der Waals surface area contributed by atoms with Crippen LogP contribution < -0.4 is 10.4 Å². The van der Waals surface area contributed by atoms with E-state index in [1.165, 1.54) is 10.4 Å². The number of hydrogen-bond acceptors (Lipinski definition) is 4. The quantitative estimate of drug-likeness (QED) is 0.309. The standard InChI is InChI=1S/C24H33BrO4Si/c1-5-28-23(27)17-19(26)16-20(18-25)29-30(24(2,3)4,21-12-8-6-9-13-21)22-14-10-7-11-15-22/h6-15,19-20,26H,5,16-18H2,1-4H3/t19-,20+/m1/s1. The van der Waals surface area contributed by atoms with Crippen molar-refractivity contribution in [3.8, 4) is 0 Å². The maximum Gasteiger partial charge on any atom is 0.308 e. The molecule has 6 heteroatoms. The van der Waals surface area contributed by atoms with E-state index in [0.717, 1.165) is 0 Å². The summed E-state index contributed by atoms with van der Waals surface area (Å²) in [4.78, 5) is 11.8. The largest absolute Gasteiger partial charge is 0.466 e. The Hall–Kier alpha value is -1.47. The summed E-state index contributed by atoms with van der Waals surface area (Å²) >= 11 is 3.58. The lowest BCUT2D eigenvalue weighted by atomic mass is 10.1. The molecule has 0 amide bonds. The van der Waals surface area contributed by atoms with Gasteiger partial charge >= 0.3 is 5.97 Å². The van der Waals surface area contributed by atoms with E-state index in [-0.39, 0.29) is 23.5 Å². The fourth-order valence-corrected chi connectivity index (χ4v) is 9.22. The number of hydrogen-bond donors (Lipinski definition) is 1. The van der Waals surface area contributed by atoms with E-state index < -0.39 is 14.4 Å². The highest BCUT2D eigenvalue weighted by Gasteiger charge is 2.51. The molecule has 0 saturated carbocycles. The Kier molecular flexibility index (Phi) is 9.28. The number of carbonyl (C=O) groups is 1. The van der Waals surface area contributed by atoms with Crippen molar-refractivity contribution in [2.24, 2.45) is 0 Å². The minimum absolute atomic E-state index is 0.0263. The molecule has 0 radical (unpaired) electrons. The molecule has 2 rings (SSSR count). The van der Waals surface area contributed by atoms with E-state index in [1.54, 1.807) is 6.92 Å². The summed E-state index contributed by atoms with van der Waals surface area (Å²) in [5.74, 6) is -0.385. The van der Waals surface area contributed by atoms with Crippen LogP contribution in [0.4, 0.5) is 0 Å². The molecule has 1 N–H and O–H groups in total. The average Bonchev–Trinajstić information content (AvgIpc) is 2.71. The van der Waals surface area contributed by atoms with Gasteiger partial charge in [0.2, 0.25) is 0 Å². The minimum Gasteiger partial charge on any atom is -0.466 e. The monoisotopic (exact) mass is 492 g/mol. The number of halogens is 1. The molecule has 0 bridgehead atoms. The molecule has 0 aliphatic rings. The third-order valence-corrected chi connectivity index (χ3v) is 11.0. The van der Waals surface area contributed by atoms with Crippen LogP contribution in [0.1, 0.15) is 40.5 Å². The number of aliphatic hydroxyl groups is 1. The summed E-state index contributed by atoms with van der Waals surface area (Å²) in [6, 6.07) is 20.8. The molecule has 0 heterocycles. The molecular formula is C24H33BrO4Si. The summed E-state index contributed by atoms with van der Waals surface area (Å²) in [6.07, 6.45) is -0.735. The number of ether oxygens (including phenoxy) is 1. The summed E-state index contributed by atoms with van der Waals surface area (Å²) in [7, 11) is -2.71. The molecule has 0 aromatic heterocycles. The highest BCUT2D eigenvalue weighted by Crippen LogP contribution is 2.38. The SMILES string of the molecule is CCOC(=O)C[C@H](O)C[C@@H](CBr)O[Si](c1ccccc1)(c1ccccc1)C(C)(C)C. The van der Waals surface area contributed by atoms with Crippen molar-refractivity contribution in [3.63, 3.8) is 0 Å². The van der Waals surface area contributed by atoms with E-state index in [2.05, 4.69) is 61.0 Å². The first-order valence-electron chi connectivity index (χ1n) is 10.4. The predicted octanol–water partition coefficient (Wildman–Crippen LogP) is 4.03. The molecule has 0 spiro atoms. The first-order valence-corrected chi connectivity index (χ1v) is 13.5. The molecule has 0 saturated heterocycles. The van der Waals surface area contributed by atoms with Crippen LogP contribution >= 0.6 is 15.9 Å². The molecule has 4 nitrogen and oxygen atoms in total. The lowest BCUT2D eigenvalue weighted by Gasteiger charge is -2.45. The van der Waals surface area contributed by atoms with Crippen molar-refractivity contribution in [2.45, 2.75) is 57.8 Å². The van der Waals surface area contributed by atoms with Crippen LogP contribution in [0.3, 0.4) is 0 Å². The molecule has 0 aliphatic carbocycles. The van der Waals surface area contributed by atoms with Gasteiger partial charge in [0.1, 0.15) is 0 Å². The molecule has 164 valence electrons. The van der Waals surface area contributed by atoms with Crippen LogP contribution in [0.5, 0.6) is 0 Å². The van der Waals surface area contributed by atoms with Gasteiger partial charge in [-0.15, -0.1) is 0 Å². The van der Waals surface area contributed by atoms with Gasteiger partial charge in [0, 0.05) is 5.33 Å². The van der Waals surface area contributed by atoms with Gasteiger partial charge in [-0.1, -0.05) is 97.4 Å². The highest BCUT2D eigenvalue weighted by atomic mass is 79.9. The summed E-state index contributed by atoms with van der Waals surface area (Å²) in [5.41, 5.74) is 0. The zero-order chi connectivity index (χ0) is 22.2. The third-order valence-electron chi connectivity index (χ3n) is 5.17. The molecular weight excluding hydrogens is 460 g/mol. The number of aliphatic hydroxyl groups excluding tert-OH is 1. The normalized spacial score (nSPS) is 14.2. The van der Waals surface area contributed by atoms with Crippen molar-refractivity contribution in [2.75, 3.05) is 11.9 Å². The van der Waals surface area contributed by atoms with Crippen LogP contribution in [-0.4, -0.2) is 43.5 Å². The zero-order valence-electron chi connectivity index (χ0n) is 18.3. The minimum atomic E-state index is -2.71. The number of alkyl halides is 1. The number of benzene rings is 2. The first-order chi connectivity index (χ1) is 14.2. The lowest BCUT2D eigenvalue weighted by molar-refractivity contribution is -0.145. The van der Waals surface area contributed by atoms with Crippen LogP contribution in [0.25, 0.3) is 0 Å². The van der Waals surface area contributed by atoms with E-state index in [9.17, 15) is 9.90 Å². The summed E-state index contributed by atoms with van der Waals surface area (Å²) in [6.45, 7) is 8.74. The van der Waals surface area contributed by atoms with Gasteiger partial charge in [0.15, 0.2) is 0 Å². The molecule has 2 aromatic rings. The maximum absolute atomic E-state index is 11.8. The van der Waals surface area contributed by atoms with Gasteiger partial charge in [-0.25, -0.2) is 0 Å². The van der Waals surface area contributed by atoms with Crippen molar-refractivity contribution in [1.82, 2.24) is 0 Å². The van der Waals surface area contributed by atoms with Gasteiger partial charge in [-0.3, -0.25) is 4.79 Å². The second kappa shape index (κ2) is 11.2. The van der Waals surface area contributed by atoms with Crippen molar-refractivity contribution >= 4 is 40.6 Å². The molecule has 30 heavy (non-hydrogen) atoms. The Balaban J connectivity index is 2.43. The second-order valence-corrected chi connectivity index (χ2v) is 13.4. The van der Waals surface area contributed by atoms with Crippen molar-refractivity contribution in [3.05, 3.63) is 60.7 Å². The Bertz CT molecular complexity index is 737. The van der Waals surface area contributed by atoms with Crippen LogP contribution in [0.15, 0.2) is 60.7 Å². The smallest absolute Gasteiger partial charge is 0.308 e. The average molecular weight is 494 g/mol. The summed E-state index contributed by atoms with van der Waals surface area (Å²) < 4.78 is 12.0. The number of esters is 1. The molecule has 2 atom stereocenters. The van der Waals surface area contributed by atoms with E-state index in [0.29, 0.717) is 18.4 Å². The van der Waals surface area contributed by atoms with E-state index in [4.69, 9.17) is 9.16 Å². The van der Waals surface area contributed by atoms with E-state index >= 15 is 0 Å². The van der Waals surface area contributed by atoms with Crippen LogP contribution in [0.2, 0.25) is 5.04 Å². The van der Waals surface area contributed by atoms with Gasteiger partial charge in [-0.05, 0) is 28.8 Å². The van der Waals surface area contributed by atoms with Gasteiger partial charge in [0.05, 0.1) is 25.2 Å². The Morgan fingerprint density at radius 2 is 1.53 bits per heavy atom. The van der Waals surface area contributed by atoms with Gasteiger partial charge in [0.25, 0.3) is 8.32 Å². The third kappa shape index (κ3) is 6.03. The zero-order valence-corrected chi connectivity index (χ0v) is 20.9. The molecule has 0 unspecified atom stereocenters. The topological polar surface area (TPSA) is 55.8 Å². The first kappa shape index (κ1) is 24.8. The molecule has 0 aliphatic heterocycles. The number of carbonyl (C=O) groups excluding carboxylic acids is 1. The van der Waals surface area contributed by atoms with E-state index in [1.807, 2.05) is 36.4 Å². The Morgan fingerprint density at radius 3 is 1.93 bits per heavy atom. The maximum atomic E-state index is 11.8. The highest BCUT2D eigenvalue weighted by molar-refractivity contribution is 9.09. The fourth-order valence-electron chi connectivity index (χ4n) is 3.88. The predicted molar refractivity (Wildman–Crippen MR) is 128 cm³/mol. The van der Waals surface area contributed by atoms with Crippen LogP contribution in [-0.2, 0) is 14.0 Å². The van der Waals surface area contributed by atoms with Crippen LogP contribution in [0, 0.1) is 0 Å². The fraction of sp³-hybridized carbons (Fsp3) is 0.458. The van der Waals surface area contributed by atoms with Crippen molar-refractivity contribution in [1.29, 1.82) is 0 Å². The van der Waals surface area contributed by atoms with Gasteiger partial charge in [-0.2, -0.15) is 0 Å². The second-order valence-electron chi connectivity index (χ2n) is 8.46. The van der Waals surface area contributed by atoms with Gasteiger partial charge < -0.3 is 14.3 Å².